The molecule has 1 aliphatic carbocycles. The van der Waals surface area contributed by atoms with E-state index in [0.717, 1.165) is 49.0 Å². The number of rotatable bonds is 9. The number of thioether (sulfide) groups is 1. The van der Waals surface area contributed by atoms with Crippen molar-refractivity contribution in [1.82, 2.24) is 0 Å². The van der Waals surface area contributed by atoms with Crippen LogP contribution in [0.25, 0.3) is 0 Å². The molecule has 0 bridgehead atoms. The number of ether oxygens (including phenoxy) is 1. The third kappa shape index (κ3) is 7.80. The monoisotopic (exact) mass is 764 g/mol. The number of carbonyl (C=O) groups excluding carboxylic acids is 3. The Morgan fingerprint density at radius 1 is 0.812 bits per heavy atom. The first-order chi connectivity index (χ1) is 23.0. The third-order valence-corrected chi connectivity index (χ3v) is 11.9. The molecule has 1 heterocycles. The van der Waals surface area contributed by atoms with Gasteiger partial charge in [0.15, 0.2) is 0 Å². The zero-order valence-corrected chi connectivity index (χ0v) is 30.0. The molecular weight excluding hydrogens is 738 g/mol. The van der Waals surface area contributed by atoms with Crippen molar-refractivity contribution in [1.29, 1.82) is 0 Å². The van der Waals surface area contributed by atoms with Crippen molar-refractivity contribution in [3.05, 3.63) is 107 Å². The van der Waals surface area contributed by atoms with E-state index < -0.39 is 39.2 Å². The molecule has 3 N–H and O–H groups in total. The number of thiophene rings is 1. The average Bonchev–Trinajstić information content (AvgIpc) is 3.39. The van der Waals surface area contributed by atoms with Crippen LogP contribution in [0.1, 0.15) is 78.0 Å². The summed E-state index contributed by atoms with van der Waals surface area (Å²) >= 11 is 27.2. The van der Waals surface area contributed by atoms with Gasteiger partial charge < -0.3 is 20.5 Å². The molecule has 0 saturated carbocycles. The minimum atomic E-state index is -1.51. The fraction of sp³-hybridized carbons (Fsp3) is 0.235. The van der Waals surface area contributed by atoms with E-state index in [0.29, 0.717) is 21.0 Å². The van der Waals surface area contributed by atoms with Crippen LogP contribution in [0.5, 0.6) is 0 Å². The van der Waals surface area contributed by atoms with Crippen molar-refractivity contribution in [3.8, 4) is 0 Å². The minimum absolute atomic E-state index is 0.257. The van der Waals surface area contributed by atoms with E-state index in [4.69, 9.17) is 51.1 Å². The lowest BCUT2D eigenvalue weighted by molar-refractivity contribution is -0.115. The first-order valence-electron chi connectivity index (χ1n) is 14.8. The number of fused-ring (bicyclic) bond motifs is 1. The number of carboxylic acid groups (broad SMARTS) is 1. The summed E-state index contributed by atoms with van der Waals surface area (Å²) in [6.45, 7) is 0. The highest BCUT2D eigenvalue weighted by Gasteiger charge is 2.31. The second kappa shape index (κ2) is 16.0. The number of aryl methyl sites for hydroxylation is 1. The molecule has 4 aromatic rings. The number of esters is 1. The van der Waals surface area contributed by atoms with Gasteiger partial charge in [-0.25, -0.2) is 9.59 Å². The zero-order valence-electron chi connectivity index (χ0n) is 25.3. The number of carbonyl (C=O) groups is 4. The second-order valence-corrected chi connectivity index (χ2v) is 14.6. The van der Waals surface area contributed by atoms with E-state index in [2.05, 4.69) is 10.6 Å². The van der Waals surface area contributed by atoms with Crippen molar-refractivity contribution >= 4 is 104 Å². The molecule has 1 aromatic heterocycles. The molecule has 5 rings (SSSR count). The Bertz CT molecular complexity index is 1900. The highest BCUT2D eigenvalue weighted by Crippen LogP contribution is 2.43. The summed E-state index contributed by atoms with van der Waals surface area (Å²) in [5, 5.41) is 13.8. The van der Waals surface area contributed by atoms with Crippen LogP contribution >= 0.6 is 69.5 Å². The zero-order chi connectivity index (χ0) is 34.5. The molecule has 1 aliphatic rings. The maximum absolute atomic E-state index is 14.1. The molecule has 0 radical (unpaired) electrons. The molecular formula is C34H28Cl4N2O6S2. The molecule has 14 heteroatoms. The number of methoxy groups -OCH3 is 1. The van der Waals surface area contributed by atoms with E-state index in [-0.39, 0.29) is 26.7 Å². The highest BCUT2D eigenvalue weighted by atomic mass is 35.5. The lowest BCUT2D eigenvalue weighted by Crippen LogP contribution is -2.20. The van der Waals surface area contributed by atoms with Crippen LogP contribution in [-0.2, 0) is 22.4 Å². The molecule has 0 aliphatic heterocycles. The van der Waals surface area contributed by atoms with Crippen molar-refractivity contribution < 1.29 is 29.0 Å². The Labute approximate surface area is 305 Å². The lowest BCUT2D eigenvalue weighted by atomic mass is 9.96. The van der Waals surface area contributed by atoms with Gasteiger partial charge in [0.25, 0.3) is 5.91 Å². The van der Waals surface area contributed by atoms with Gasteiger partial charge in [-0.2, -0.15) is 0 Å². The first-order valence-corrected chi connectivity index (χ1v) is 18.0. The van der Waals surface area contributed by atoms with E-state index in [1.807, 2.05) is 30.3 Å². The SMILES string of the molecule is COC(=O)c1c(NC(=O)C(Sc2cccc(NC(=O)c3c(Cl)c(Cl)c(Cl)c(Cl)c3C(=O)O)c2)c2ccccc2)sc2c1CCCCCC2. The molecule has 2 amide bonds. The van der Waals surface area contributed by atoms with Crippen LogP contribution in [0.3, 0.4) is 0 Å². The lowest BCUT2D eigenvalue weighted by Gasteiger charge is -2.18. The molecule has 1 unspecified atom stereocenters. The number of hydrogen-bond acceptors (Lipinski definition) is 7. The van der Waals surface area contributed by atoms with Crippen LogP contribution in [0.4, 0.5) is 10.7 Å². The van der Waals surface area contributed by atoms with Crippen molar-refractivity contribution in [2.45, 2.75) is 48.7 Å². The molecule has 1 atom stereocenters. The molecule has 0 spiro atoms. The van der Waals surface area contributed by atoms with Gasteiger partial charge in [-0.3, -0.25) is 9.59 Å². The summed E-state index contributed by atoms with van der Waals surface area (Å²) in [5.41, 5.74) is 1.33. The van der Waals surface area contributed by atoms with Crippen LogP contribution < -0.4 is 10.6 Å². The smallest absolute Gasteiger partial charge is 0.341 e. The number of anilines is 2. The van der Waals surface area contributed by atoms with Crippen LogP contribution in [-0.4, -0.2) is 36.0 Å². The van der Waals surface area contributed by atoms with Gasteiger partial charge in [0.2, 0.25) is 5.91 Å². The number of carboxylic acids is 1. The Hall–Kier alpha value is -3.25. The summed E-state index contributed by atoms with van der Waals surface area (Å²) < 4.78 is 5.13. The van der Waals surface area contributed by atoms with Gasteiger partial charge in [-0.1, -0.05) is 95.6 Å². The molecule has 3 aromatic carbocycles. The average molecular weight is 767 g/mol. The quantitative estimate of drug-likeness (QED) is 0.0671. The third-order valence-electron chi connectivity index (χ3n) is 7.69. The largest absolute Gasteiger partial charge is 0.478 e. The normalized spacial score (nSPS) is 13.4. The van der Waals surface area contributed by atoms with E-state index in [1.165, 1.54) is 30.2 Å². The highest BCUT2D eigenvalue weighted by molar-refractivity contribution is 8.00. The summed E-state index contributed by atoms with van der Waals surface area (Å²) in [6, 6.07) is 15.8. The van der Waals surface area contributed by atoms with E-state index in [1.54, 1.807) is 24.3 Å². The van der Waals surface area contributed by atoms with Gasteiger partial charge >= 0.3 is 11.9 Å². The predicted octanol–water partition coefficient (Wildman–Crippen LogP) is 10.2. The number of nitrogens with one attached hydrogen (secondary N) is 2. The van der Waals surface area contributed by atoms with Crippen molar-refractivity contribution in [2.24, 2.45) is 0 Å². The number of aromatic carboxylic acids is 1. The summed E-state index contributed by atoms with van der Waals surface area (Å²) in [6.07, 6.45) is 5.75. The molecule has 250 valence electrons. The number of halogens is 4. The van der Waals surface area contributed by atoms with Gasteiger partial charge in [0.05, 0.1) is 43.9 Å². The van der Waals surface area contributed by atoms with E-state index >= 15 is 0 Å². The Balaban J connectivity index is 1.44. The maximum Gasteiger partial charge on any atom is 0.341 e. The molecule has 48 heavy (non-hydrogen) atoms. The maximum atomic E-state index is 14.1. The standard InChI is InChI=1S/C34H28Cl4N2O6S2/c1-46-34(45)22-20-14-7-2-3-8-15-21(20)48-32(22)40-31(42)29(17-10-5-4-6-11-17)47-19-13-9-12-18(16-19)39-30(41)23-24(33(43)44)26(36)28(38)27(37)25(23)35/h4-6,9-13,16,29H,2-3,7-8,14-15H2,1H3,(H,39,41)(H,40,42)(H,43,44). The van der Waals surface area contributed by atoms with Gasteiger partial charge in [0, 0.05) is 15.5 Å². The fourth-order valence-corrected chi connectivity index (χ4v) is 8.81. The predicted molar refractivity (Wildman–Crippen MR) is 193 cm³/mol. The second-order valence-electron chi connectivity index (χ2n) is 10.8. The van der Waals surface area contributed by atoms with Crippen LogP contribution in [0, 0.1) is 0 Å². The van der Waals surface area contributed by atoms with E-state index in [9.17, 15) is 24.3 Å². The van der Waals surface area contributed by atoms with Gasteiger partial charge in [-0.15, -0.1) is 23.1 Å². The van der Waals surface area contributed by atoms with Crippen LogP contribution in [0.15, 0.2) is 59.5 Å². The number of hydrogen-bond donors (Lipinski definition) is 3. The topological polar surface area (TPSA) is 122 Å². The van der Waals surface area contributed by atoms with Crippen molar-refractivity contribution in [3.63, 3.8) is 0 Å². The Morgan fingerprint density at radius 2 is 1.48 bits per heavy atom. The summed E-state index contributed by atoms with van der Waals surface area (Å²) in [4.78, 5) is 54.1. The van der Waals surface area contributed by atoms with Crippen LogP contribution in [0.2, 0.25) is 20.1 Å². The molecule has 8 nitrogen and oxygen atoms in total. The van der Waals surface area contributed by atoms with Gasteiger partial charge in [-0.05, 0) is 55.0 Å². The number of amides is 2. The van der Waals surface area contributed by atoms with Crippen molar-refractivity contribution in [2.75, 3.05) is 17.7 Å². The Morgan fingerprint density at radius 3 is 2.15 bits per heavy atom. The first kappa shape index (κ1) is 36.0. The number of benzene rings is 3. The fourth-order valence-electron chi connectivity index (χ4n) is 5.43. The molecule has 0 saturated heterocycles. The molecule has 0 fully saturated rings. The Kier molecular flexibility index (Phi) is 12.0. The van der Waals surface area contributed by atoms with Gasteiger partial charge in [0.1, 0.15) is 10.3 Å². The summed E-state index contributed by atoms with van der Waals surface area (Å²) in [7, 11) is 1.34. The summed E-state index contributed by atoms with van der Waals surface area (Å²) in [5.74, 6) is -3.21. The minimum Gasteiger partial charge on any atom is -0.478 e.